The fourth-order valence-corrected chi connectivity index (χ4v) is 3.46. The van der Waals surface area contributed by atoms with Crippen molar-refractivity contribution in [2.24, 2.45) is 5.14 Å². The molecule has 0 aliphatic carbocycles. The molecule has 0 aromatic carbocycles. The van der Waals surface area contributed by atoms with E-state index in [1.54, 1.807) is 6.20 Å². The molecule has 1 aliphatic rings. The minimum absolute atomic E-state index is 0.113. The van der Waals surface area contributed by atoms with E-state index in [2.05, 4.69) is 9.88 Å². The number of nitrogens with two attached hydrogens (primary N) is 1. The van der Waals surface area contributed by atoms with Gasteiger partial charge >= 0.3 is 0 Å². The molecule has 0 radical (unpaired) electrons. The number of pyridine rings is 1. The van der Waals surface area contributed by atoms with Gasteiger partial charge in [0.05, 0.1) is 17.0 Å². The van der Waals surface area contributed by atoms with Crippen molar-refractivity contribution in [2.75, 3.05) is 13.1 Å². The summed E-state index contributed by atoms with van der Waals surface area (Å²) in [5, 5.41) is 4.78. The van der Waals surface area contributed by atoms with Gasteiger partial charge in [-0.1, -0.05) is 0 Å². The second-order valence-corrected chi connectivity index (χ2v) is 7.58. The highest BCUT2D eigenvalue weighted by atomic mass is 32.2. The van der Waals surface area contributed by atoms with Crippen LogP contribution in [0.5, 0.6) is 5.75 Å². The molecule has 0 amide bonds. The Morgan fingerprint density at radius 2 is 2.29 bits per heavy atom. The number of sulfonamides is 1. The lowest BCUT2D eigenvalue weighted by molar-refractivity contribution is 0.218. The SMILES string of the molecule is CC(C)Oc1ccnc(CN2CCCC(S(N)(=O)=O)C2)c1. The van der Waals surface area contributed by atoms with E-state index >= 15 is 0 Å². The number of aromatic nitrogens is 1. The van der Waals surface area contributed by atoms with Gasteiger partial charge in [-0.15, -0.1) is 0 Å². The first kappa shape index (κ1) is 16.2. The van der Waals surface area contributed by atoms with E-state index in [9.17, 15) is 8.42 Å². The van der Waals surface area contributed by atoms with Crippen LogP contribution in [0.4, 0.5) is 0 Å². The second kappa shape index (κ2) is 6.72. The van der Waals surface area contributed by atoms with E-state index in [1.165, 1.54) is 0 Å². The number of rotatable bonds is 5. The van der Waals surface area contributed by atoms with E-state index in [0.717, 1.165) is 24.4 Å². The third-order valence-electron chi connectivity index (χ3n) is 3.47. The molecule has 21 heavy (non-hydrogen) atoms. The van der Waals surface area contributed by atoms with Crippen LogP contribution in [0.25, 0.3) is 0 Å². The van der Waals surface area contributed by atoms with E-state index < -0.39 is 15.3 Å². The fraction of sp³-hybridized carbons (Fsp3) is 0.643. The molecule has 2 N–H and O–H groups in total. The van der Waals surface area contributed by atoms with Gasteiger partial charge in [0, 0.05) is 25.4 Å². The van der Waals surface area contributed by atoms with Gasteiger partial charge in [0.15, 0.2) is 0 Å². The number of hydrogen-bond donors (Lipinski definition) is 1. The maximum absolute atomic E-state index is 11.5. The molecule has 1 atom stereocenters. The third kappa shape index (κ3) is 4.94. The van der Waals surface area contributed by atoms with Crippen LogP contribution in [0.1, 0.15) is 32.4 Å². The van der Waals surface area contributed by atoms with Gasteiger partial charge in [0.1, 0.15) is 5.75 Å². The van der Waals surface area contributed by atoms with Crippen LogP contribution >= 0.6 is 0 Å². The average molecular weight is 313 g/mol. The van der Waals surface area contributed by atoms with Crippen LogP contribution < -0.4 is 9.88 Å². The summed E-state index contributed by atoms with van der Waals surface area (Å²) >= 11 is 0. The van der Waals surface area contributed by atoms with Gasteiger partial charge in [0.2, 0.25) is 10.0 Å². The Labute approximate surface area is 126 Å². The molecule has 1 aliphatic heterocycles. The molecule has 1 unspecified atom stereocenters. The summed E-state index contributed by atoms with van der Waals surface area (Å²) in [6, 6.07) is 3.73. The largest absolute Gasteiger partial charge is 0.491 e. The number of nitrogens with zero attached hydrogens (tertiary/aromatic N) is 2. The molecule has 2 heterocycles. The molecule has 0 spiro atoms. The van der Waals surface area contributed by atoms with Crippen molar-refractivity contribution in [2.45, 2.75) is 44.6 Å². The first-order chi connectivity index (χ1) is 9.84. The van der Waals surface area contributed by atoms with Crippen molar-refractivity contribution in [3.63, 3.8) is 0 Å². The summed E-state index contributed by atoms with van der Waals surface area (Å²) < 4.78 is 28.6. The van der Waals surface area contributed by atoms with Gasteiger partial charge in [-0.3, -0.25) is 9.88 Å². The van der Waals surface area contributed by atoms with Gasteiger partial charge in [-0.25, -0.2) is 13.6 Å². The Bertz CT molecular complexity index is 575. The van der Waals surface area contributed by atoms with Crippen molar-refractivity contribution in [3.05, 3.63) is 24.0 Å². The van der Waals surface area contributed by atoms with Gasteiger partial charge in [-0.05, 0) is 39.3 Å². The van der Waals surface area contributed by atoms with Gasteiger partial charge in [-0.2, -0.15) is 0 Å². The van der Waals surface area contributed by atoms with Crippen LogP contribution in [0.2, 0.25) is 0 Å². The second-order valence-electron chi connectivity index (χ2n) is 5.74. The Hall–Kier alpha value is -1.18. The lowest BCUT2D eigenvalue weighted by Gasteiger charge is -2.31. The average Bonchev–Trinajstić information content (AvgIpc) is 2.37. The quantitative estimate of drug-likeness (QED) is 0.880. The number of ether oxygens (including phenoxy) is 1. The van der Waals surface area contributed by atoms with Crippen LogP contribution in [0.3, 0.4) is 0 Å². The molecule has 6 nitrogen and oxygen atoms in total. The molecular formula is C14H23N3O3S. The molecule has 0 saturated carbocycles. The summed E-state index contributed by atoms with van der Waals surface area (Å²) in [5.41, 5.74) is 0.878. The summed E-state index contributed by atoms with van der Waals surface area (Å²) in [5.74, 6) is 0.787. The van der Waals surface area contributed by atoms with Crippen molar-refractivity contribution >= 4 is 10.0 Å². The van der Waals surface area contributed by atoms with Crippen LogP contribution in [0, 0.1) is 0 Å². The number of hydrogen-bond acceptors (Lipinski definition) is 5. The molecule has 1 aromatic rings. The van der Waals surface area contributed by atoms with Crippen LogP contribution in [0.15, 0.2) is 18.3 Å². The highest BCUT2D eigenvalue weighted by Gasteiger charge is 2.28. The molecule has 118 valence electrons. The van der Waals surface area contributed by atoms with E-state index in [4.69, 9.17) is 9.88 Å². The zero-order valence-electron chi connectivity index (χ0n) is 12.5. The monoisotopic (exact) mass is 313 g/mol. The third-order valence-corrected chi connectivity index (χ3v) is 4.79. The van der Waals surface area contributed by atoms with Crippen LogP contribution in [-0.2, 0) is 16.6 Å². The van der Waals surface area contributed by atoms with Crippen molar-refractivity contribution in [1.29, 1.82) is 0 Å². The summed E-state index contributed by atoms with van der Waals surface area (Å²) in [7, 11) is -3.46. The highest BCUT2D eigenvalue weighted by Crippen LogP contribution is 2.19. The summed E-state index contributed by atoms with van der Waals surface area (Å²) in [4.78, 5) is 6.41. The Morgan fingerprint density at radius 3 is 2.95 bits per heavy atom. The Morgan fingerprint density at radius 1 is 1.52 bits per heavy atom. The Balaban J connectivity index is 2.01. The number of piperidine rings is 1. The lowest BCUT2D eigenvalue weighted by Crippen LogP contribution is -2.44. The predicted octanol–water partition coefficient (Wildman–Crippen LogP) is 1.12. The number of primary sulfonamides is 1. The minimum atomic E-state index is -3.46. The van der Waals surface area contributed by atoms with Gasteiger partial charge in [0.25, 0.3) is 0 Å². The first-order valence-electron chi connectivity index (χ1n) is 7.20. The van der Waals surface area contributed by atoms with E-state index in [1.807, 2.05) is 26.0 Å². The minimum Gasteiger partial charge on any atom is -0.491 e. The molecular weight excluding hydrogens is 290 g/mol. The topological polar surface area (TPSA) is 85.5 Å². The molecule has 1 saturated heterocycles. The van der Waals surface area contributed by atoms with Gasteiger partial charge < -0.3 is 4.74 Å². The predicted molar refractivity (Wildman–Crippen MR) is 81.4 cm³/mol. The standard InChI is InChI=1S/C14H23N3O3S/c1-11(2)20-13-5-6-16-12(8-13)9-17-7-3-4-14(10-17)21(15,18)19/h5-6,8,11,14H,3-4,7,9-10H2,1-2H3,(H2,15,18,19). The Kier molecular flexibility index (Phi) is 5.18. The van der Waals surface area contributed by atoms with Crippen molar-refractivity contribution in [1.82, 2.24) is 9.88 Å². The molecule has 0 bridgehead atoms. The maximum atomic E-state index is 11.5. The zero-order valence-corrected chi connectivity index (χ0v) is 13.3. The molecule has 1 fully saturated rings. The highest BCUT2D eigenvalue weighted by molar-refractivity contribution is 7.89. The lowest BCUT2D eigenvalue weighted by atomic mass is 10.1. The first-order valence-corrected chi connectivity index (χ1v) is 8.81. The molecule has 1 aromatic heterocycles. The van der Waals surface area contributed by atoms with Crippen molar-refractivity contribution in [3.8, 4) is 5.75 Å². The molecule has 2 rings (SSSR count). The maximum Gasteiger partial charge on any atom is 0.213 e. The summed E-state index contributed by atoms with van der Waals surface area (Å²) in [6.45, 7) is 5.89. The smallest absolute Gasteiger partial charge is 0.213 e. The fourth-order valence-electron chi connectivity index (χ4n) is 2.54. The van der Waals surface area contributed by atoms with Crippen LogP contribution in [-0.4, -0.2) is 42.7 Å². The number of likely N-dealkylation sites (tertiary alicyclic amines) is 1. The van der Waals surface area contributed by atoms with Crippen molar-refractivity contribution < 1.29 is 13.2 Å². The molecule has 7 heteroatoms. The van der Waals surface area contributed by atoms with E-state index in [0.29, 0.717) is 19.5 Å². The normalized spacial score (nSPS) is 20.7. The summed E-state index contributed by atoms with van der Waals surface area (Å²) in [6.07, 6.45) is 3.30. The zero-order chi connectivity index (χ0) is 15.5. The van der Waals surface area contributed by atoms with E-state index in [-0.39, 0.29) is 6.10 Å².